The minimum Gasteiger partial charge on any atom is -0.497 e. The molecule has 0 bridgehead atoms. The molecule has 0 spiro atoms. The van der Waals surface area contributed by atoms with Crippen molar-refractivity contribution >= 4 is 29.1 Å². The van der Waals surface area contributed by atoms with E-state index in [-0.39, 0.29) is 24.0 Å². The van der Waals surface area contributed by atoms with Crippen LogP contribution in [0.15, 0.2) is 120 Å². The van der Waals surface area contributed by atoms with Crippen LogP contribution >= 0.6 is 0 Å². The van der Waals surface area contributed by atoms with Crippen molar-refractivity contribution < 1.29 is 19.2 Å². The summed E-state index contributed by atoms with van der Waals surface area (Å²) < 4.78 is 12.5. The van der Waals surface area contributed by atoms with Gasteiger partial charge >= 0.3 is 5.69 Å². The van der Waals surface area contributed by atoms with Crippen LogP contribution in [0, 0.1) is 10.1 Å². The molecule has 6 rings (SSSR count). The smallest absolute Gasteiger partial charge is 0.311 e. The summed E-state index contributed by atoms with van der Waals surface area (Å²) in [5.41, 5.74) is 4.28. The number of methoxy groups -OCH3 is 1. The topological polar surface area (TPSA) is 112 Å². The Balaban J connectivity index is 1.53. The zero-order valence-corrected chi connectivity index (χ0v) is 24.0. The predicted octanol–water partition coefficient (Wildman–Crippen LogP) is 6.69. The predicted molar refractivity (Wildman–Crippen MR) is 168 cm³/mol. The van der Waals surface area contributed by atoms with Gasteiger partial charge in [0.2, 0.25) is 0 Å². The van der Waals surface area contributed by atoms with Gasteiger partial charge in [-0.25, -0.2) is 4.68 Å². The van der Waals surface area contributed by atoms with Gasteiger partial charge in [0.25, 0.3) is 5.91 Å². The van der Waals surface area contributed by atoms with Gasteiger partial charge in [0.1, 0.15) is 17.2 Å². The largest absolute Gasteiger partial charge is 0.497 e. The number of aromatic nitrogens is 2. The van der Waals surface area contributed by atoms with Crippen molar-refractivity contribution in [2.75, 3.05) is 18.7 Å². The van der Waals surface area contributed by atoms with Gasteiger partial charge in [-0.15, -0.1) is 0 Å². The second-order valence-corrected chi connectivity index (χ2v) is 9.77. The number of benzene rings is 4. The summed E-state index contributed by atoms with van der Waals surface area (Å²) in [6.07, 6.45) is 3.53. The summed E-state index contributed by atoms with van der Waals surface area (Å²) in [7, 11) is 1.59. The highest BCUT2D eigenvalue weighted by Gasteiger charge is 2.33. The van der Waals surface area contributed by atoms with Gasteiger partial charge < -0.3 is 9.47 Å². The lowest BCUT2D eigenvalue weighted by Crippen LogP contribution is -2.21. The van der Waals surface area contributed by atoms with Crippen LogP contribution in [-0.4, -0.2) is 40.0 Å². The minimum absolute atomic E-state index is 0.169. The van der Waals surface area contributed by atoms with Crippen molar-refractivity contribution in [3.8, 4) is 28.4 Å². The number of carbonyl (C=O) groups is 1. The van der Waals surface area contributed by atoms with Crippen LogP contribution in [-0.2, 0) is 4.79 Å². The molecular formula is C34H27N5O5. The Hall–Kier alpha value is -6.03. The molecule has 5 aromatic rings. The standard InChI is InChI=1S/C34H27N5O5/c1-3-44-31-19-16-24(21-30(31)39(41)42)32-25(22-37(35-32)26-10-6-4-7-11-26)20-29-33(23-14-17-28(43-2)18-15-23)36-38(34(29)40)27-12-8-5-9-13-27/h4-22H,3H2,1-2H3/b29-20-. The van der Waals surface area contributed by atoms with Crippen LogP contribution in [0.1, 0.15) is 18.1 Å². The van der Waals surface area contributed by atoms with Crippen molar-refractivity contribution in [2.24, 2.45) is 5.10 Å². The second-order valence-electron chi connectivity index (χ2n) is 9.77. The molecule has 1 aromatic heterocycles. The fourth-order valence-electron chi connectivity index (χ4n) is 4.92. The first-order valence-electron chi connectivity index (χ1n) is 13.9. The van der Waals surface area contributed by atoms with E-state index in [0.29, 0.717) is 39.5 Å². The molecule has 0 atom stereocenters. The maximum atomic E-state index is 14.0. The van der Waals surface area contributed by atoms with Gasteiger partial charge in [0.05, 0.1) is 35.6 Å². The van der Waals surface area contributed by atoms with E-state index < -0.39 is 4.92 Å². The number of hydrazone groups is 1. The Labute approximate surface area is 253 Å². The molecule has 44 heavy (non-hydrogen) atoms. The van der Waals surface area contributed by atoms with E-state index in [1.807, 2.05) is 84.9 Å². The van der Waals surface area contributed by atoms with Gasteiger partial charge in [-0.05, 0) is 73.7 Å². The molecule has 0 radical (unpaired) electrons. The number of nitro groups is 1. The normalized spacial score (nSPS) is 13.7. The minimum atomic E-state index is -0.479. The molecule has 1 aliphatic heterocycles. The molecular weight excluding hydrogens is 558 g/mol. The molecule has 4 aromatic carbocycles. The van der Waals surface area contributed by atoms with Crippen molar-refractivity contribution in [3.63, 3.8) is 0 Å². The van der Waals surface area contributed by atoms with Crippen molar-refractivity contribution in [2.45, 2.75) is 6.92 Å². The second kappa shape index (κ2) is 12.1. The molecule has 1 amide bonds. The molecule has 0 saturated carbocycles. The molecule has 0 N–H and O–H groups in total. The summed E-state index contributed by atoms with van der Waals surface area (Å²) in [6, 6.07) is 30.7. The Morgan fingerprint density at radius 2 is 1.55 bits per heavy atom. The van der Waals surface area contributed by atoms with E-state index in [1.54, 1.807) is 43.1 Å². The summed E-state index contributed by atoms with van der Waals surface area (Å²) in [6.45, 7) is 2.05. The van der Waals surface area contributed by atoms with Crippen LogP contribution < -0.4 is 14.5 Å². The van der Waals surface area contributed by atoms with E-state index in [1.165, 1.54) is 11.1 Å². The number of nitro benzene ring substituents is 1. The number of carbonyl (C=O) groups excluding carboxylic acids is 1. The fraction of sp³-hybridized carbons (Fsp3) is 0.0882. The summed E-state index contributed by atoms with van der Waals surface area (Å²) in [5.74, 6) is 0.521. The molecule has 10 nitrogen and oxygen atoms in total. The van der Waals surface area contributed by atoms with Crippen molar-refractivity contribution in [1.29, 1.82) is 0 Å². The third kappa shape index (κ3) is 5.43. The Morgan fingerprint density at radius 3 is 2.18 bits per heavy atom. The molecule has 1 aliphatic rings. The molecule has 218 valence electrons. The maximum Gasteiger partial charge on any atom is 0.311 e. The highest BCUT2D eigenvalue weighted by molar-refractivity contribution is 6.37. The van der Waals surface area contributed by atoms with Crippen molar-refractivity contribution in [1.82, 2.24) is 9.78 Å². The van der Waals surface area contributed by atoms with Crippen molar-refractivity contribution in [3.05, 3.63) is 136 Å². The van der Waals surface area contributed by atoms with Crippen LogP contribution in [0.4, 0.5) is 11.4 Å². The van der Waals surface area contributed by atoms with Crippen LogP contribution in [0.5, 0.6) is 11.5 Å². The SMILES string of the molecule is CCOc1ccc(-c2nn(-c3ccccc3)cc2/C=C2\C(=O)N(c3ccccc3)N=C2c2ccc(OC)cc2)cc1[N+](=O)[O-]. The quantitative estimate of drug-likeness (QED) is 0.108. The van der Waals surface area contributed by atoms with Gasteiger partial charge in [0.15, 0.2) is 5.75 Å². The number of amides is 1. The molecule has 10 heteroatoms. The molecule has 0 unspecified atom stereocenters. The lowest BCUT2D eigenvalue weighted by Gasteiger charge is -2.10. The van der Waals surface area contributed by atoms with Gasteiger partial charge in [-0.2, -0.15) is 15.2 Å². The van der Waals surface area contributed by atoms with Gasteiger partial charge in [-0.3, -0.25) is 14.9 Å². The number of anilines is 1. The number of hydrogen-bond acceptors (Lipinski definition) is 7. The molecule has 0 saturated heterocycles. The Kier molecular flexibility index (Phi) is 7.71. The third-order valence-electron chi connectivity index (χ3n) is 7.03. The van der Waals surface area contributed by atoms with E-state index in [9.17, 15) is 14.9 Å². The molecule has 0 aliphatic carbocycles. The highest BCUT2D eigenvalue weighted by Crippen LogP contribution is 2.36. The van der Waals surface area contributed by atoms with Gasteiger partial charge in [0, 0.05) is 29.0 Å². The highest BCUT2D eigenvalue weighted by atomic mass is 16.6. The van der Waals surface area contributed by atoms with Gasteiger partial charge in [-0.1, -0.05) is 36.4 Å². The average Bonchev–Trinajstić information content (AvgIpc) is 3.63. The Morgan fingerprint density at radius 1 is 0.886 bits per heavy atom. The summed E-state index contributed by atoms with van der Waals surface area (Å²) in [4.78, 5) is 25.5. The fourth-order valence-corrected chi connectivity index (χ4v) is 4.92. The first kappa shape index (κ1) is 28.1. The van der Waals surface area contributed by atoms with Crippen LogP contribution in [0.3, 0.4) is 0 Å². The average molecular weight is 586 g/mol. The van der Waals surface area contributed by atoms with E-state index >= 15 is 0 Å². The molecule has 2 heterocycles. The van der Waals surface area contributed by atoms with E-state index in [2.05, 4.69) is 0 Å². The molecule has 0 fully saturated rings. The summed E-state index contributed by atoms with van der Waals surface area (Å²) in [5, 5.41) is 22.9. The lowest BCUT2D eigenvalue weighted by molar-refractivity contribution is -0.385. The Bertz CT molecular complexity index is 1900. The van der Waals surface area contributed by atoms with E-state index in [4.69, 9.17) is 19.7 Å². The monoisotopic (exact) mass is 585 g/mol. The number of nitrogens with zero attached hydrogens (tertiary/aromatic N) is 5. The third-order valence-corrected chi connectivity index (χ3v) is 7.03. The summed E-state index contributed by atoms with van der Waals surface area (Å²) >= 11 is 0. The zero-order chi connectivity index (χ0) is 30.6. The number of ether oxygens (including phenoxy) is 2. The maximum absolute atomic E-state index is 14.0. The number of rotatable bonds is 9. The number of para-hydroxylation sites is 2. The number of hydrogen-bond donors (Lipinski definition) is 0. The first-order chi connectivity index (χ1) is 21.5. The first-order valence-corrected chi connectivity index (χ1v) is 13.9. The lowest BCUT2D eigenvalue weighted by atomic mass is 9.99. The zero-order valence-electron chi connectivity index (χ0n) is 24.0. The van der Waals surface area contributed by atoms with Crippen LogP contribution in [0.25, 0.3) is 23.0 Å². The van der Waals surface area contributed by atoms with E-state index in [0.717, 1.165) is 11.3 Å². The van der Waals surface area contributed by atoms with Crippen LogP contribution in [0.2, 0.25) is 0 Å².